The molecule has 1 N–H and O–H groups in total. The van der Waals surface area contributed by atoms with Crippen LogP contribution >= 0.6 is 0 Å². The zero-order valence-corrected chi connectivity index (χ0v) is 8.33. The van der Waals surface area contributed by atoms with Crippen molar-refractivity contribution in [3.8, 4) is 0 Å². The van der Waals surface area contributed by atoms with Crippen molar-refractivity contribution in [1.29, 1.82) is 0 Å². The highest BCUT2D eigenvalue weighted by atomic mass is 19.1. The lowest BCUT2D eigenvalue weighted by Gasteiger charge is -2.18. The molecule has 0 aromatic heterocycles. The van der Waals surface area contributed by atoms with Gasteiger partial charge < -0.3 is 0 Å². The first kappa shape index (κ1) is 9.83. The van der Waals surface area contributed by atoms with Gasteiger partial charge in [-0.25, -0.2) is 9.82 Å². The zero-order valence-electron chi connectivity index (χ0n) is 8.33. The Labute approximate surface area is 87.0 Å². The van der Waals surface area contributed by atoms with E-state index in [-0.39, 0.29) is 17.6 Å². The van der Waals surface area contributed by atoms with Gasteiger partial charge in [-0.15, -0.1) is 0 Å². The Morgan fingerprint density at radius 2 is 2.07 bits per heavy atom. The molecule has 1 aromatic rings. The average Bonchev–Trinajstić information content (AvgIpc) is 2.20. The number of carbonyl (C=O) groups is 1. The van der Waals surface area contributed by atoms with Crippen molar-refractivity contribution in [2.75, 3.05) is 0 Å². The molecule has 0 unspecified atom stereocenters. The Bertz CT molecular complexity index is 411. The van der Waals surface area contributed by atoms with Crippen LogP contribution in [0.1, 0.15) is 18.9 Å². The largest absolute Gasteiger partial charge is 0.273 e. The molecule has 1 amide bonds. The molecule has 0 saturated carbocycles. The molecule has 1 heterocycles. The van der Waals surface area contributed by atoms with E-state index in [0.29, 0.717) is 6.42 Å². The van der Waals surface area contributed by atoms with Crippen LogP contribution in [0.3, 0.4) is 0 Å². The van der Waals surface area contributed by atoms with Crippen LogP contribution in [0.25, 0.3) is 0 Å². The molecule has 1 aliphatic rings. The molecule has 1 atom stereocenters. The van der Waals surface area contributed by atoms with Crippen LogP contribution in [0.4, 0.5) is 4.39 Å². The maximum atomic E-state index is 12.7. The van der Waals surface area contributed by atoms with Crippen LogP contribution in [0.5, 0.6) is 0 Å². The van der Waals surface area contributed by atoms with Gasteiger partial charge in [0.1, 0.15) is 5.82 Å². The van der Waals surface area contributed by atoms with Gasteiger partial charge in [0.2, 0.25) is 5.91 Å². The highest BCUT2D eigenvalue weighted by molar-refractivity contribution is 6.05. The Morgan fingerprint density at radius 3 is 2.67 bits per heavy atom. The lowest BCUT2D eigenvalue weighted by atomic mass is 9.94. The monoisotopic (exact) mass is 206 g/mol. The number of halogens is 1. The van der Waals surface area contributed by atoms with Crippen molar-refractivity contribution in [2.24, 2.45) is 11.0 Å². The van der Waals surface area contributed by atoms with E-state index < -0.39 is 0 Å². The number of rotatable bonds is 1. The smallest absolute Gasteiger partial charge is 0.240 e. The topological polar surface area (TPSA) is 41.5 Å². The highest BCUT2D eigenvalue weighted by Crippen LogP contribution is 2.16. The number of hydrogen-bond donors (Lipinski definition) is 1. The molecule has 1 aliphatic heterocycles. The van der Waals surface area contributed by atoms with Crippen LogP contribution in [-0.2, 0) is 4.79 Å². The minimum absolute atomic E-state index is 0.0733. The van der Waals surface area contributed by atoms with Crippen molar-refractivity contribution >= 4 is 11.6 Å². The Kier molecular flexibility index (Phi) is 2.49. The van der Waals surface area contributed by atoms with Crippen molar-refractivity contribution < 1.29 is 9.18 Å². The predicted octanol–water partition coefficient (Wildman–Crippen LogP) is 1.69. The summed E-state index contributed by atoms with van der Waals surface area (Å²) in [5, 5.41) is 3.99. The first-order chi connectivity index (χ1) is 7.16. The van der Waals surface area contributed by atoms with Gasteiger partial charge in [-0.3, -0.25) is 4.79 Å². The fourth-order valence-electron chi connectivity index (χ4n) is 1.62. The molecule has 0 saturated heterocycles. The Hall–Kier alpha value is -1.71. The summed E-state index contributed by atoms with van der Waals surface area (Å²) in [5.41, 5.74) is 4.08. The number of hydrazone groups is 1. The van der Waals surface area contributed by atoms with Gasteiger partial charge in [0.25, 0.3) is 0 Å². The fraction of sp³-hybridized carbons (Fsp3) is 0.273. The van der Waals surface area contributed by atoms with E-state index in [4.69, 9.17) is 0 Å². The summed E-state index contributed by atoms with van der Waals surface area (Å²) in [6.07, 6.45) is 0.427. The molecule has 2 rings (SSSR count). The van der Waals surface area contributed by atoms with E-state index >= 15 is 0 Å². The third kappa shape index (κ3) is 2.03. The molecule has 0 bridgehead atoms. The van der Waals surface area contributed by atoms with Crippen molar-refractivity contribution in [1.82, 2.24) is 5.43 Å². The van der Waals surface area contributed by atoms with Crippen LogP contribution in [0.2, 0.25) is 0 Å². The molecule has 0 spiro atoms. The minimum Gasteiger partial charge on any atom is -0.273 e. The second-order valence-corrected chi connectivity index (χ2v) is 3.64. The number of carbonyl (C=O) groups excluding carboxylic acids is 1. The Morgan fingerprint density at radius 1 is 1.40 bits per heavy atom. The van der Waals surface area contributed by atoms with Crippen molar-refractivity contribution in [3.63, 3.8) is 0 Å². The zero-order chi connectivity index (χ0) is 10.8. The molecule has 0 radical (unpaired) electrons. The normalized spacial score (nSPS) is 20.8. The van der Waals surface area contributed by atoms with E-state index in [1.54, 1.807) is 12.1 Å². The summed E-state index contributed by atoms with van der Waals surface area (Å²) >= 11 is 0. The first-order valence-electron chi connectivity index (χ1n) is 4.79. The molecular formula is C11H11FN2O. The standard InChI is InChI=1S/C11H11FN2O/c1-7-6-10(15)13-14-11(7)8-2-4-9(12)5-3-8/h2-5,7H,6H2,1H3,(H,13,15)/t7-/m0/s1. The number of amides is 1. The predicted molar refractivity (Wildman–Crippen MR) is 54.9 cm³/mol. The third-order valence-corrected chi connectivity index (χ3v) is 2.40. The second-order valence-electron chi connectivity index (χ2n) is 3.64. The van der Waals surface area contributed by atoms with Gasteiger partial charge >= 0.3 is 0 Å². The summed E-state index contributed by atoms with van der Waals surface area (Å²) in [6.45, 7) is 1.93. The van der Waals surface area contributed by atoms with E-state index in [0.717, 1.165) is 11.3 Å². The number of benzene rings is 1. The highest BCUT2D eigenvalue weighted by Gasteiger charge is 2.21. The van der Waals surface area contributed by atoms with Crippen molar-refractivity contribution in [3.05, 3.63) is 35.6 Å². The summed E-state index contributed by atoms with van der Waals surface area (Å²) in [5.74, 6) is -0.274. The molecule has 1 aromatic carbocycles. The van der Waals surface area contributed by atoms with Crippen LogP contribution < -0.4 is 5.43 Å². The fourth-order valence-corrected chi connectivity index (χ4v) is 1.62. The molecule has 0 aliphatic carbocycles. The Balaban J connectivity index is 2.31. The second kappa shape index (κ2) is 3.81. The molecular weight excluding hydrogens is 195 g/mol. The summed E-state index contributed by atoms with van der Waals surface area (Å²) < 4.78 is 12.7. The van der Waals surface area contributed by atoms with E-state index in [2.05, 4.69) is 10.5 Å². The number of nitrogens with one attached hydrogen (secondary N) is 1. The maximum Gasteiger partial charge on any atom is 0.240 e. The van der Waals surface area contributed by atoms with Crippen LogP contribution in [0.15, 0.2) is 29.4 Å². The van der Waals surface area contributed by atoms with E-state index in [9.17, 15) is 9.18 Å². The maximum absolute atomic E-state index is 12.7. The van der Waals surface area contributed by atoms with Gasteiger partial charge in [-0.2, -0.15) is 5.10 Å². The lowest BCUT2D eigenvalue weighted by Crippen LogP contribution is -2.31. The lowest BCUT2D eigenvalue weighted by molar-refractivity contribution is -0.121. The summed E-state index contributed by atoms with van der Waals surface area (Å²) in [6, 6.07) is 6.12. The molecule has 0 fully saturated rings. The molecule has 3 nitrogen and oxygen atoms in total. The van der Waals surface area contributed by atoms with E-state index in [1.807, 2.05) is 6.92 Å². The number of nitrogens with zero attached hydrogens (tertiary/aromatic N) is 1. The number of hydrogen-bond acceptors (Lipinski definition) is 2. The first-order valence-corrected chi connectivity index (χ1v) is 4.79. The van der Waals surface area contributed by atoms with Crippen LogP contribution in [-0.4, -0.2) is 11.6 Å². The van der Waals surface area contributed by atoms with Gasteiger partial charge in [-0.1, -0.05) is 19.1 Å². The van der Waals surface area contributed by atoms with Gasteiger partial charge in [-0.05, 0) is 17.7 Å². The van der Waals surface area contributed by atoms with Gasteiger partial charge in [0.05, 0.1) is 5.71 Å². The van der Waals surface area contributed by atoms with E-state index in [1.165, 1.54) is 12.1 Å². The molecule has 4 heteroatoms. The van der Waals surface area contributed by atoms with Crippen LogP contribution in [0, 0.1) is 11.7 Å². The van der Waals surface area contributed by atoms with Gasteiger partial charge in [0, 0.05) is 12.3 Å². The third-order valence-electron chi connectivity index (χ3n) is 2.40. The minimum atomic E-state index is -0.271. The SMILES string of the molecule is C[C@H]1CC(=O)NN=C1c1ccc(F)cc1. The molecule has 15 heavy (non-hydrogen) atoms. The quantitative estimate of drug-likeness (QED) is 0.746. The average molecular weight is 206 g/mol. The van der Waals surface area contributed by atoms with Gasteiger partial charge in [0.15, 0.2) is 0 Å². The molecule has 78 valence electrons. The summed E-state index contributed by atoms with van der Waals surface area (Å²) in [7, 11) is 0. The van der Waals surface area contributed by atoms with Crippen molar-refractivity contribution in [2.45, 2.75) is 13.3 Å². The summed E-state index contributed by atoms with van der Waals surface area (Å²) in [4.78, 5) is 11.0.